The molecule has 4 heterocycles. The highest BCUT2D eigenvalue weighted by Gasteiger charge is 2.30. The van der Waals surface area contributed by atoms with Gasteiger partial charge in [-0.1, -0.05) is 20.8 Å². The quantitative estimate of drug-likeness (QED) is 0.231. The highest BCUT2D eigenvalue weighted by atomic mass is 16.5. The molecular formula is C36H53N5O4. The number of fused-ring (bicyclic) bond motifs is 1. The van der Waals surface area contributed by atoms with Crippen molar-refractivity contribution >= 4 is 28.2 Å². The molecule has 2 aliphatic heterocycles. The number of benzene rings is 1. The van der Waals surface area contributed by atoms with E-state index in [1.165, 1.54) is 41.2 Å². The van der Waals surface area contributed by atoms with Gasteiger partial charge in [-0.3, -0.25) is 14.7 Å². The Balaban J connectivity index is 1.68. The van der Waals surface area contributed by atoms with Gasteiger partial charge in [-0.25, -0.2) is 0 Å². The summed E-state index contributed by atoms with van der Waals surface area (Å²) >= 11 is 0. The molecule has 45 heavy (non-hydrogen) atoms. The van der Waals surface area contributed by atoms with Crippen LogP contribution in [0.3, 0.4) is 0 Å². The number of esters is 1. The molecule has 0 N–H and O–H groups in total. The van der Waals surface area contributed by atoms with Crippen LogP contribution in [0.4, 0.5) is 11.4 Å². The fraction of sp³-hybridized carbons (Fsp3) is 0.611. The molecule has 3 aromatic rings. The van der Waals surface area contributed by atoms with E-state index in [0.29, 0.717) is 6.61 Å². The third kappa shape index (κ3) is 7.47. The van der Waals surface area contributed by atoms with Gasteiger partial charge in [0.2, 0.25) is 0 Å². The van der Waals surface area contributed by atoms with Crippen LogP contribution in [0, 0.1) is 5.41 Å². The van der Waals surface area contributed by atoms with Crippen molar-refractivity contribution < 1.29 is 19.0 Å². The number of aromatic nitrogens is 2. The Hall–Kier alpha value is -3.14. The van der Waals surface area contributed by atoms with Gasteiger partial charge < -0.3 is 28.6 Å². The van der Waals surface area contributed by atoms with E-state index in [1.807, 2.05) is 6.20 Å². The molecule has 1 aromatic carbocycles. The molecule has 0 radical (unpaired) electrons. The number of hydrogen-bond donors (Lipinski definition) is 0. The first-order valence-corrected chi connectivity index (χ1v) is 16.8. The van der Waals surface area contributed by atoms with E-state index in [2.05, 4.69) is 78.2 Å². The van der Waals surface area contributed by atoms with Crippen LogP contribution in [0.1, 0.15) is 65.3 Å². The van der Waals surface area contributed by atoms with Gasteiger partial charge in [0.1, 0.15) is 0 Å². The maximum atomic E-state index is 11.8. The van der Waals surface area contributed by atoms with Crippen molar-refractivity contribution in [3.8, 4) is 11.3 Å². The number of ether oxygens (including phenoxy) is 3. The third-order valence-electron chi connectivity index (χ3n) is 9.34. The van der Waals surface area contributed by atoms with Crippen LogP contribution >= 0.6 is 0 Å². The van der Waals surface area contributed by atoms with E-state index in [-0.39, 0.29) is 17.5 Å². The van der Waals surface area contributed by atoms with E-state index in [4.69, 9.17) is 19.2 Å². The summed E-state index contributed by atoms with van der Waals surface area (Å²) in [5.74, 6) is -0.249. The summed E-state index contributed by atoms with van der Waals surface area (Å²) in [4.78, 5) is 24.4. The minimum atomic E-state index is -0.282. The number of nitrogens with zero attached hydrogens (tertiary/aromatic N) is 5. The van der Waals surface area contributed by atoms with Gasteiger partial charge in [-0.15, -0.1) is 0 Å². The number of anilines is 2. The highest BCUT2D eigenvalue weighted by molar-refractivity contribution is 5.95. The highest BCUT2D eigenvalue weighted by Crippen LogP contribution is 2.42. The van der Waals surface area contributed by atoms with Gasteiger partial charge in [-0.05, 0) is 63.1 Å². The summed E-state index contributed by atoms with van der Waals surface area (Å²) < 4.78 is 19.6. The number of morpholine rings is 1. The molecule has 2 saturated heterocycles. The predicted molar refractivity (Wildman–Crippen MR) is 182 cm³/mol. The molecule has 0 saturated carbocycles. The van der Waals surface area contributed by atoms with Crippen LogP contribution in [-0.2, 0) is 32.0 Å². The Morgan fingerprint density at radius 3 is 2.38 bits per heavy atom. The SMILES string of the molecule is CCCN1CCN(c2cnc(C(C)OC)c(-c3c(CC(C)(C)COC(C)=O)c4cc(N5CCOCC5)ccc4n3CC)c2)CC1. The number of piperazine rings is 1. The van der Waals surface area contributed by atoms with Gasteiger partial charge in [-0.2, -0.15) is 0 Å². The zero-order valence-corrected chi connectivity index (χ0v) is 28.5. The largest absolute Gasteiger partial charge is 0.465 e. The van der Waals surface area contributed by atoms with Crippen LogP contribution in [-0.4, -0.2) is 93.2 Å². The zero-order valence-electron chi connectivity index (χ0n) is 28.5. The van der Waals surface area contributed by atoms with Crippen LogP contribution in [0.15, 0.2) is 30.5 Å². The minimum Gasteiger partial charge on any atom is -0.465 e. The lowest BCUT2D eigenvalue weighted by Crippen LogP contribution is -2.46. The van der Waals surface area contributed by atoms with E-state index in [9.17, 15) is 4.79 Å². The number of carbonyl (C=O) groups excluding carboxylic acids is 1. The molecule has 2 aliphatic rings. The number of aryl methyl sites for hydroxylation is 1. The summed E-state index contributed by atoms with van der Waals surface area (Å²) in [5.41, 5.74) is 7.79. The fourth-order valence-corrected chi connectivity index (χ4v) is 6.88. The molecule has 1 unspecified atom stereocenters. The fourth-order valence-electron chi connectivity index (χ4n) is 6.88. The molecule has 9 heteroatoms. The molecule has 5 rings (SSSR count). The van der Waals surface area contributed by atoms with E-state index < -0.39 is 0 Å². The van der Waals surface area contributed by atoms with Gasteiger partial charge in [0, 0.05) is 87.4 Å². The number of carbonyl (C=O) groups is 1. The molecule has 2 aromatic heterocycles. The Labute approximate surface area is 269 Å². The second-order valence-electron chi connectivity index (χ2n) is 13.3. The first kappa shape index (κ1) is 33.2. The molecule has 246 valence electrons. The third-order valence-corrected chi connectivity index (χ3v) is 9.34. The van der Waals surface area contributed by atoms with Crippen LogP contribution in [0.2, 0.25) is 0 Å². The monoisotopic (exact) mass is 619 g/mol. The van der Waals surface area contributed by atoms with Crippen LogP contribution in [0.5, 0.6) is 0 Å². The smallest absolute Gasteiger partial charge is 0.302 e. The van der Waals surface area contributed by atoms with E-state index in [0.717, 1.165) is 88.9 Å². The van der Waals surface area contributed by atoms with E-state index in [1.54, 1.807) is 7.11 Å². The summed E-state index contributed by atoms with van der Waals surface area (Å²) in [6.45, 7) is 22.1. The van der Waals surface area contributed by atoms with Gasteiger partial charge in [0.25, 0.3) is 0 Å². The number of methoxy groups -OCH3 is 1. The first-order chi connectivity index (χ1) is 21.7. The average molecular weight is 620 g/mol. The van der Waals surface area contributed by atoms with Crippen molar-refractivity contribution in [2.75, 3.05) is 82.5 Å². The molecule has 0 bridgehead atoms. The molecular weight excluding hydrogens is 566 g/mol. The predicted octanol–water partition coefficient (Wildman–Crippen LogP) is 5.93. The van der Waals surface area contributed by atoms with E-state index >= 15 is 0 Å². The molecule has 0 aliphatic carbocycles. The number of rotatable bonds is 12. The summed E-state index contributed by atoms with van der Waals surface area (Å²) in [6.07, 6.45) is 3.78. The van der Waals surface area contributed by atoms with Crippen LogP contribution < -0.4 is 9.80 Å². The lowest BCUT2D eigenvalue weighted by atomic mass is 9.84. The van der Waals surface area contributed by atoms with Crippen molar-refractivity contribution in [1.29, 1.82) is 0 Å². The summed E-state index contributed by atoms with van der Waals surface area (Å²) in [6, 6.07) is 9.23. The number of pyridine rings is 1. The second-order valence-corrected chi connectivity index (χ2v) is 13.3. The van der Waals surface area contributed by atoms with Crippen molar-refractivity contribution in [1.82, 2.24) is 14.5 Å². The number of hydrogen-bond acceptors (Lipinski definition) is 8. The van der Waals surface area contributed by atoms with Crippen LogP contribution in [0.25, 0.3) is 22.2 Å². The van der Waals surface area contributed by atoms with Crippen molar-refractivity contribution in [2.24, 2.45) is 5.41 Å². The molecule has 0 spiro atoms. The van der Waals surface area contributed by atoms with Crippen molar-refractivity contribution in [2.45, 2.75) is 67.0 Å². The molecule has 0 amide bonds. The van der Waals surface area contributed by atoms with Crippen molar-refractivity contribution in [3.63, 3.8) is 0 Å². The Bertz CT molecular complexity index is 1450. The standard InChI is InChI=1S/C36H53N5O4/c1-8-12-38-13-15-39(16-14-38)29-22-31(34(37-24-29)26(3)43-7)35-32(23-36(5,6)25-45-27(4)42)30-21-28(40-17-19-44-20-18-40)10-11-33(30)41(35)9-2/h10-11,21-22,24,26H,8-9,12-20,23,25H2,1-7H3. The average Bonchev–Trinajstić information content (AvgIpc) is 3.35. The lowest BCUT2D eigenvalue weighted by Gasteiger charge is -2.36. The normalized spacial score (nSPS) is 17.2. The van der Waals surface area contributed by atoms with Gasteiger partial charge >= 0.3 is 5.97 Å². The Morgan fingerprint density at radius 2 is 1.73 bits per heavy atom. The van der Waals surface area contributed by atoms with Crippen molar-refractivity contribution in [3.05, 3.63) is 41.7 Å². The second kappa shape index (κ2) is 14.5. The Morgan fingerprint density at radius 1 is 1.02 bits per heavy atom. The topological polar surface area (TPSA) is 72.3 Å². The molecule has 9 nitrogen and oxygen atoms in total. The maximum absolute atomic E-state index is 11.8. The van der Waals surface area contributed by atoms with Gasteiger partial charge in [0.05, 0.1) is 49.2 Å². The molecule has 2 fully saturated rings. The minimum absolute atomic E-state index is 0.176. The lowest BCUT2D eigenvalue weighted by molar-refractivity contribution is -0.143. The summed E-state index contributed by atoms with van der Waals surface area (Å²) in [5, 5.41) is 1.24. The summed E-state index contributed by atoms with van der Waals surface area (Å²) in [7, 11) is 1.75. The zero-order chi connectivity index (χ0) is 32.1. The van der Waals surface area contributed by atoms with Gasteiger partial charge in [0.15, 0.2) is 0 Å². The first-order valence-electron chi connectivity index (χ1n) is 16.8. The Kier molecular flexibility index (Phi) is 10.7. The maximum Gasteiger partial charge on any atom is 0.302 e. The molecule has 1 atom stereocenters.